The van der Waals surface area contributed by atoms with Crippen molar-refractivity contribution in [3.8, 4) is 11.5 Å². The number of rotatable bonds is 8. The lowest BCUT2D eigenvalue weighted by Crippen LogP contribution is -2.20. The summed E-state index contributed by atoms with van der Waals surface area (Å²) in [5.74, 6) is 2.09. The first-order valence-corrected chi connectivity index (χ1v) is 10.3. The highest BCUT2D eigenvalue weighted by Crippen LogP contribution is 2.43. The molecule has 0 spiro atoms. The second-order valence-corrected chi connectivity index (χ2v) is 8.11. The van der Waals surface area contributed by atoms with Crippen LogP contribution in [0.5, 0.6) is 11.5 Å². The average Bonchev–Trinajstić information content (AvgIpc) is 3.51. The molecule has 1 aliphatic rings. The van der Waals surface area contributed by atoms with Gasteiger partial charge in [0.05, 0.1) is 19.3 Å². The first kappa shape index (κ1) is 18.4. The zero-order chi connectivity index (χ0) is 18.8. The first-order valence-electron chi connectivity index (χ1n) is 9.33. The maximum Gasteiger partial charge on any atom is 0.135 e. The molecule has 3 aromatic carbocycles. The van der Waals surface area contributed by atoms with E-state index in [9.17, 15) is 5.11 Å². The van der Waals surface area contributed by atoms with Gasteiger partial charge in [-0.25, -0.2) is 0 Å². The summed E-state index contributed by atoms with van der Waals surface area (Å²) in [7, 11) is 0. The fourth-order valence-electron chi connectivity index (χ4n) is 3.19. The minimum atomic E-state index is -0.0354. The summed E-state index contributed by atoms with van der Waals surface area (Å²) >= 11 is 1.76. The van der Waals surface area contributed by atoms with Gasteiger partial charge in [-0.2, -0.15) is 0 Å². The Hall–Kier alpha value is -1.95. The Balaban J connectivity index is 1.70. The molecule has 1 saturated heterocycles. The molecule has 0 saturated carbocycles. The van der Waals surface area contributed by atoms with E-state index in [4.69, 9.17) is 14.2 Å². The summed E-state index contributed by atoms with van der Waals surface area (Å²) in [5.41, 5.74) is 0. The van der Waals surface area contributed by atoms with E-state index in [1.54, 1.807) is 11.8 Å². The van der Waals surface area contributed by atoms with Crippen LogP contribution in [0.3, 0.4) is 0 Å². The van der Waals surface area contributed by atoms with Crippen molar-refractivity contribution in [2.75, 3.05) is 25.6 Å². The molecule has 0 bridgehead atoms. The van der Waals surface area contributed by atoms with Crippen molar-refractivity contribution in [3.05, 3.63) is 42.5 Å². The van der Waals surface area contributed by atoms with Gasteiger partial charge in [0, 0.05) is 26.4 Å². The first-order chi connectivity index (χ1) is 13.2. The third-order valence-electron chi connectivity index (χ3n) is 4.66. The summed E-state index contributed by atoms with van der Waals surface area (Å²) in [6.45, 7) is 5.97. The number of epoxide rings is 1. The van der Waals surface area contributed by atoms with Crippen LogP contribution in [0.2, 0.25) is 0 Å². The van der Waals surface area contributed by atoms with Gasteiger partial charge < -0.3 is 19.3 Å². The third-order valence-corrected chi connectivity index (χ3v) is 5.54. The minimum Gasteiger partial charge on any atom is -0.507 e. The Bertz CT molecular complexity index is 952. The standard InChI is InChI=1S/C22H24O4S/c1-3-27-16-8-9-19-20(10-16)21(23)17-6-4-5-7-18(17)22(19)26-11-14(2)24-12-15-13-25-15/h4-10,14-15,23H,3,11-13H2,1-2H3. The van der Waals surface area contributed by atoms with E-state index in [0.717, 1.165) is 44.5 Å². The molecule has 2 unspecified atom stereocenters. The van der Waals surface area contributed by atoms with Gasteiger partial charge in [-0.05, 0) is 30.9 Å². The molecule has 0 radical (unpaired) electrons. The number of benzene rings is 3. The lowest BCUT2D eigenvalue weighted by Gasteiger charge is -2.18. The second kappa shape index (κ2) is 7.97. The summed E-state index contributed by atoms with van der Waals surface area (Å²) in [6, 6.07) is 14.0. The van der Waals surface area contributed by atoms with E-state index < -0.39 is 0 Å². The van der Waals surface area contributed by atoms with E-state index >= 15 is 0 Å². The molecule has 0 aromatic heterocycles. The normalized spacial score (nSPS) is 17.3. The van der Waals surface area contributed by atoms with E-state index in [1.807, 2.05) is 43.3 Å². The number of phenolic OH excluding ortho intramolecular Hbond substituents is 1. The smallest absolute Gasteiger partial charge is 0.135 e. The fourth-order valence-corrected chi connectivity index (χ4v) is 3.89. The SMILES string of the molecule is CCSc1ccc2c(OCC(C)OCC3CO3)c3ccccc3c(O)c2c1. The Morgan fingerprint density at radius 2 is 1.89 bits per heavy atom. The summed E-state index contributed by atoms with van der Waals surface area (Å²) in [5, 5.41) is 14.3. The van der Waals surface area contributed by atoms with Crippen LogP contribution in [0.25, 0.3) is 21.5 Å². The highest BCUT2D eigenvalue weighted by molar-refractivity contribution is 7.99. The van der Waals surface area contributed by atoms with Gasteiger partial charge in [-0.3, -0.25) is 0 Å². The molecule has 1 aliphatic heterocycles. The van der Waals surface area contributed by atoms with E-state index in [-0.39, 0.29) is 12.2 Å². The molecule has 1 heterocycles. The molecule has 27 heavy (non-hydrogen) atoms. The molecule has 1 N–H and O–H groups in total. The van der Waals surface area contributed by atoms with Crippen molar-refractivity contribution in [2.24, 2.45) is 0 Å². The van der Waals surface area contributed by atoms with Crippen molar-refractivity contribution in [1.29, 1.82) is 0 Å². The lowest BCUT2D eigenvalue weighted by atomic mass is 10.0. The molecular weight excluding hydrogens is 360 g/mol. The van der Waals surface area contributed by atoms with Crippen LogP contribution in [0.1, 0.15) is 13.8 Å². The summed E-state index contributed by atoms with van der Waals surface area (Å²) < 4.78 is 17.2. The molecule has 142 valence electrons. The van der Waals surface area contributed by atoms with Crippen LogP contribution in [0.4, 0.5) is 0 Å². The second-order valence-electron chi connectivity index (χ2n) is 6.77. The summed E-state index contributed by atoms with van der Waals surface area (Å²) in [4.78, 5) is 1.14. The molecule has 4 rings (SSSR count). The van der Waals surface area contributed by atoms with Crippen molar-refractivity contribution in [2.45, 2.75) is 31.0 Å². The Kier molecular flexibility index (Phi) is 5.43. The number of hydrogen-bond donors (Lipinski definition) is 1. The number of fused-ring (bicyclic) bond motifs is 2. The van der Waals surface area contributed by atoms with E-state index in [1.165, 1.54) is 0 Å². The zero-order valence-electron chi connectivity index (χ0n) is 15.6. The Morgan fingerprint density at radius 1 is 1.15 bits per heavy atom. The lowest BCUT2D eigenvalue weighted by molar-refractivity contribution is 0.0248. The van der Waals surface area contributed by atoms with Crippen LogP contribution in [-0.2, 0) is 9.47 Å². The van der Waals surface area contributed by atoms with Gasteiger partial charge in [-0.1, -0.05) is 31.2 Å². The minimum absolute atomic E-state index is 0.0354. The molecule has 0 aliphatic carbocycles. The van der Waals surface area contributed by atoms with Gasteiger partial charge in [0.25, 0.3) is 0 Å². The number of aromatic hydroxyl groups is 1. The predicted octanol–water partition coefficient (Wildman–Crippen LogP) is 4.99. The van der Waals surface area contributed by atoms with Crippen LogP contribution in [0.15, 0.2) is 47.4 Å². The highest BCUT2D eigenvalue weighted by atomic mass is 32.2. The molecule has 2 atom stereocenters. The van der Waals surface area contributed by atoms with E-state index in [2.05, 4.69) is 13.0 Å². The molecule has 3 aromatic rings. The van der Waals surface area contributed by atoms with Gasteiger partial charge >= 0.3 is 0 Å². The topological polar surface area (TPSA) is 51.2 Å². The number of hydrogen-bond acceptors (Lipinski definition) is 5. The van der Waals surface area contributed by atoms with E-state index in [0.29, 0.717) is 19.0 Å². The van der Waals surface area contributed by atoms with Crippen LogP contribution < -0.4 is 4.74 Å². The predicted molar refractivity (Wildman–Crippen MR) is 110 cm³/mol. The largest absolute Gasteiger partial charge is 0.507 e. The Labute approximate surface area is 163 Å². The molecule has 4 nitrogen and oxygen atoms in total. The maximum absolute atomic E-state index is 10.9. The van der Waals surface area contributed by atoms with Crippen molar-refractivity contribution < 1.29 is 19.3 Å². The monoisotopic (exact) mass is 384 g/mol. The van der Waals surface area contributed by atoms with Crippen molar-refractivity contribution >= 4 is 33.3 Å². The quantitative estimate of drug-likeness (QED) is 0.337. The third kappa shape index (κ3) is 4.00. The van der Waals surface area contributed by atoms with Crippen LogP contribution in [0, 0.1) is 0 Å². The van der Waals surface area contributed by atoms with Crippen LogP contribution >= 0.6 is 11.8 Å². The highest BCUT2D eigenvalue weighted by Gasteiger charge is 2.23. The maximum atomic E-state index is 10.9. The van der Waals surface area contributed by atoms with Crippen molar-refractivity contribution in [1.82, 2.24) is 0 Å². The summed E-state index contributed by atoms with van der Waals surface area (Å²) in [6.07, 6.45) is 0.212. The number of phenols is 1. The van der Waals surface area contributed by atoms with Gasteiger partial charge in [0.15, 0.2) is 0 Å². The van der Waals surface area contributed by atoms with Gasteiger partial charge in [0.2, 0.25) is 0 Å². The molecule has 0 amide bonds. The average molecular weight is 384 g/mol. The Morgan fingerprint density at radius 3 is 2.63 bits per heavy atom. The zero-order valence-corrected chi connectivity index (χ0v) is 16.4. The van der Waals surface area contributed by atoms with Gasteiger partial charge in [-0.15, -0.1) is 11.8 Å². The fraction of sp³-hybridized carbons (Fsp3) is 0.364. The number of thioether (sulfide) groups is 1. The molecule has 5 heteroatoms. The van der Waals surface area contributed by atoms with Crippen molar-refractivity contribution in [3.63, 3.8) is 0 Å². The number of ether oxygens (including phenoxy) is 3. The molecule has 1 fully saturated rings. The van der Waals surface area contributed by atoms with Crippen LogP contribution in [-0.4, -0.2) is 42.9 Å². The van der Waals surface area contributed by atoms with Gasteiger partial charge in [0.1, 0.15) is 24.2 Å². The molecular formula is C22H24O4S.